The summed E-state index contributed by atoms with van der Waals surface area (Å²) in [5.74, 6) is -0.204. The third kappa shape index (κ3) is 5.59. The minimum Gasteiger partial charge on any atom is -0.387 e. The van der Waals surface area contributed by atoms with Crippen molar-refractivity contribution in [1.82, 2.24) is 5.32 Å². The summed E-state index contributed by atoms with van der Waals surface area (Å²) in [6, 6.07) is 7.10. The van der Waals surface area contributed by atoms with Crippen LogP contribution < -0.4 is 11.1 Å². The maximum absolute atomic E-state index is 11.6. The predicted molar refractivity (Wildman–Crippen MR) is 79.3 cm³/mol. The van der Waals surface area contributed by atoms with Gasteiger partial charge in [0.25, 0.3) is 0 Å². The summed E-state index contributed by atoms with van der Waals surface area (Å²) in [6.07, 6.45) is 0.838. The van der Waals surface area contributed by atoms with Gasteiger partial charge in [-0.05, 0) is 24.5 Å². The van der Waals surface area contributed by atoms with Gasteiger partial charge in [-0.1, -0.05) is 37.6 Å². The van der Waals surface area contributed by atoms with Crippen LogP contribution in [0.15, 0.2) is 24.3 Å². The van der Waals surface area contributed by atoms with Crippen molar-refractivity contribution in [1.29, 1.82) is 0 Å². The molecule has 5 heteroatoms. The van der Waals surface area contributed by atoms with E-state index in [9.17, 15) is 9.90 Å². The largest absolute Gasteiger partial charge is 0.387 e. The molecule has 2 unspecified atom stereocenters. The summed E-state index contributed by atoms with van der Waals surface area (Å²) in [6.45, 7) is 4.11. The zero-order valence-electron chi connectivity index (χ0n) is 11.4. The second kappa shape index (κ2) is 8.91. The molecule has 0 radical (unpaired) electrons. The Kier molecular flexibility index (Phi) is 8.39. The molecular formula is C14H23ClN2O2. The highest BCUT2D eigenvalue weighted by Gasteiger charge is 2.15. The summed E-state index contributed by atoms with van der Waals surface area (Å²) in [5, 5.41) is 12.7. The highest BCUT2D eigenvalue weighted by Crippen LogP contribution is 2.16. The van der Waals surface area contributed by atoms with E-state index in [0.29, 0.717) is 6.42 Å². The third-order valence-corrected chi connectivity index (χ3v) is 2.95. The minimum absolute atomic E-state index is 0. The molecule has 108 valence electrons. The number of halogens is 1. The average Bonchev–Trinajstić information content (AvgIpc) is 2.36. The minimum atomic E-state index is -0.691. The van der Waals surface area contributed by atoms with Crippen LogP contribution in [-0.4, -0.2) is 23.6 Å². The molecule has 0 aliphatic heterocycles. The van der Waals surface area contributed by atoms with Gasteiger partial charge in [-0.2, -0.15) is 0 Å². The molecule has 0 bridgehead atoms. The molecule has 0 heterocycles. The summed E-state index contributed by atoms with van der Waals surface area (Å²) >= 11 is 0. The number of benzene rings is 1. The quantitative estimate of drug-likeness (QED) is 0.745. The number of aliphatic hydroxyl groups is 1. The van der Waals surface area contributed by atoms with E-state index in [4.69, 9.17) is 5.73 Å². The van der Waals surface area contributed by atoms with E-state index in [0.717, 1.165) is 17.5 Å². The maximum Gasteiger partial charge on any atom is 0.237 e. The van der Waals surface area contributed by atoms with E-state index < -0.39 is 12.1 Å². The van der Waals surface area contributed by atoms with Crippen LogP contribution >= 0.6 is 12.4 Å². The number of rotatable bonds is 6. The lowest BCUT2D eigenvalue weighted by Gasteiger charge is -2.16. The lowest BCUT2D eigenvalue weighted by molar-refractivity contribution is -0.123. The number of carbonyl (C=O) groups excluding carboxylic acids is 1. The van der Waals surface area contributed by atoms with E-state index in [1.54, 1.807) is 0 Å². The van der Waals surface area contributed by atoms with Crippen LogP contribution in [0, 0.1) is 6.92 Å². The first-order valence-electron chi connectivity index (χ1n) is 6.33. The molecular weight excluding hydrogens is 264 g/mol. The fourth-order valence-electron chi connectivity index (χ4n) is 1.84. The Hall–Kier alpha value is -1.10. The third-order valence-electron chi connectivity index (χ3n) is 2.95. The van der Waals surface area contributed by atoms with E-state index in [1.807, 2.05) is 38.1 Å². The topological polar surface area (TPSA) is 75.4 Å². The first kappa shape index (κ1) is 17.9. The number of aryl methyl sites for hydroxylation is 1. The van der Waals surface area contributed by atoms with Gasteiger partial charge in [-0.3, -0.25) is 4.79 Å². The Balaban J connectivity index is 0.00000324. The van der Waals surface area contributed by atoms with E-state index in [1.165, 1.54) is 0 Å². The van der Waals surface area contributed by atoms with Crippen LogP contribution in [0.25, 0.3) is 0 Å². The van der Waals surface area contributed by atoms with Crippen LogP contribution in [0.1, 0.15) is 37.0 Å². The highest BCUT2D eigenvalue weighted by atomic mass is 35.5. The molecule has 1 aromatic rings. The number of hydrogen-bond donors (Lipinski definition) is 3. The Morgan fingerprint density at radius 1 is 1.42 bits per heavy atom. The van der Waals surface area contributed by atoms with Gasteiger partial charge in [0, 0.05) is 6.54 Å². The fourth-order valence-corrected chi connectivity index (χ4v) is 1.84. The first-order valence-corrected chi connectivity index (χ1v) is 6.33. The monoisotopic (exact) mass is 286 g/mol. The number of carbonyl (C=O) groups is 1. The smallest absolute Gasteiger partial charge is 0.237 e. The zero-order valence-corrected chi connectivity index (χ0v) is 12.2. The molecule has 1 amide bonds. The zero-order chi connectivity index (χ0) is 13.5. The number of hydrogen-bond acceptors (Lipinski definition) is 3. The Bertz CT molecular complexity index is 399. The van der Waals surface area contributed by atoms with Crippen molar-refractivity contribution in [2.24, 2.45) is 5.73 Å². The molecule has 4 nitrogen and oxygen atoms in total. The Morgan fingerprint density at radius 3 is 2.63 bits per heavy atom. The summed E-state index contributed by atoms with van der Waals surface area (Å²) < 4.78 is 0. The van der Waals surface area contributed by atoms with Gasteiger partial charge in [0.05, 0.1) is 12.1 Å². The molecule has 4 N–H and O–H groups in total. The first-order chi connectivity index (χ1) is 8.56. The number of amides is 1. The van der Waals surface area contributed by atoms with Crippen molar-refractivity contribution in [3.63, 3.8) is 0 Å². The van der Waals surface area contributed by atoms with Crippen molar-refractivity contribution in [2.45, 2.75) is 38.8 Å². The maximum atomic E-state index is 11.6. The van der Waals surface area contributed by atoms with Crippen LogP contribution in [0.4, 0.5) is 0 Å². The van der Waals surface area contributed by atoms with Gasteiger partial charge in [-0.15, -0.1) is 12.4 Å². The molecule has 0 saturated carbocycles. The van der Waals surface area contributed by atoms with Gasteiger partial charge >= 0.3 is 0 Å². The number of nitrogens with two attached hydrogens (primary N) is 1. The van der Waals surface area contributed by atoms with Crippen LogP contribution in [0.2, 0.25) is 0 Å². The van der Waals surface area contributed by atoms with Crippen molar-refractivity contribution >= 4 is 18.3 Å². The molecule has 19 heavy (non-hydrogen) atoms. The SMILES string of the molecule is CCCC(N)C(=O)NCC(O)c1ccccc1C.Cl. The Labute approximate surface area is 120 Å². The van der Waals surface area contributed by atoms with Crippen LogP contribution in [0.3, 0.4) is 0 Å². The highest BCUT2D eigenvalue weighted by molar-refractivity contribution is 5.85. The summed E-state index contributed by atoms with van der Waals surface area (Å²) in [4.78, 5) is 11.6. The molecule has 2 atom stereocenters. The van der Waals surface area contributed by atoms with Gasteiger partial charge in [0.15, 0.2) is 0 Å². The molecule has 0 aromatic heterocycles. The molecule has 0 aliphatic carbocycles. The van der Waals surface area contributed by atoms with E-state index in [2.05, 4.69) is 5.32 Å². The standard InChI is InChI=1S/C14H22N2O2.ClH/c1-3-6-12(15)14(18)16-9-13(17)11-8-5-4-7-10(11)2;/h4-5,7-8,12-13,17H,3,6,9,15H2,1-2H3,(H,16,18);1H. The summed E-state index contributed by atoms with van der Waals surface area (Å²) in [5.41, 5.74) is 7.54. The number of nitrogens with one attached hydrogen (secondary N) is 1. The summed E-state index contributed by atoms with van der Waals surface area (Å²) in [7, 11) is 0. The molecule has 1 rings (SSSR count). The molecule has 0 saturated heterocycles. The number of aliphatic hydroxyl groups excluding tert-OH is 1. The molecule has 1 aromatic carbocycles. The lowest BCUT2D eigenvalue weighted by Crippen LogP contribution is -2.42. The molecule has 0 spiro atoms. The van der Waals surface area contributed by atoms with Gasteiger partial charge < -0.3 is 16.2 Å². The average molecular weight is 287 g/mol. The van der Waals surface area contributed by atoms with Crippen LogP contribution in [-0.2, 0) is 4.79 Å². The van der Waals surface area contributed by atoms with Crippen molar-refractivity contribution in [3.05, 3.63) is 35.4 Å². The molecule has 0 aliphatic rings. The fraction of sp³-hybridized carbons (Fsp3) is 0.500. The van der Waals surface area contributed by atoms with Crippen molar-refractivity contribution in [3.8, 4) is 0 Å². The van der Waals surface area contributed by atoms with Crippen molar-refractivity contribution in [2.75, 3.05) is 6.54 Å². The second-order valence-electron chi connectivity index (χ2n) is 4.51. The van der Waals surface area contributed by atoms with E-state index in [-0.39, 0.29) is 24.9 Å². The lowest BCUT2D eigenvalue weighted by atomic mass is 10.0. The normalized spacial score (nSPS) is 13.3. The van der Waals surface area contributed by atoms with E-state index >= 15 is 0 Å². The van der Waals surface area contributed by atoms with Crippen molar-refractivity contribution < 1.29 is 9.90 Å². The van der Waals surface area contributed by atoms with Gasteiger partial charge in [0.2, 0.25) is 5.91 Å². The molecule has 0 fully saturated rings. The van der Waals surface area contributed by atoms with Gasteiger partial charge in [-0.25, -0.2) is 0 Å². The predicted octanol–water partition coefficient (Wildman–Crippen LogP) is 1.69. The van der Waals surface area contributed by atoms with Gasteiger partial charge in [0.1, 0.15) is 0 Å². The van der Waals surface area contributed by atoms with Crippen LogP contribution in [0.5, 0.6) is 0 Å². The Morgan fingerprint density at radius 2 is 2.05 bits per heavy atom. The second-order valence-corrected chi connectivity index (χ2v) is 4.51.